The zero-order chi connectivity index (χ0) is 17.4. The van der Waals surface area contributed by atoms with Gasteiger partial charge < -0.3 is 9.72 Å². The van der Waals surface area contributed by atoms with Crippen molar-refractivity contribution in [2.75, 3.05) is 7.11 Å². The van der Waals surface area contributed by atoms with E-state index < -0.39 is 0 Å². The number of aromatic amines is 1. The van der Waals surface area contributed by atoms with Crippen molar-refractivity contribution in [1.29, 1.82) is 0 Å². The number of rotatable bonds is 3. The molecule has 0 saturated carbocycles. The number of hydrogen-bond acceptors (Lipinski definition) is 4. The van der Waals surface area contributed by atoms with Crippen LogP contribution in [0.3, 0.4) is 0 Å². The van der Waals surface area contributed by atoms with Crippen LogP contribution in [0.4, 0.5) is 0 Å². The summed E-state index contributed by atoms with van der Waals surface area (Å²) >= 11 is 5.86. The smallest absolute Gasteiger partial charge is 0.298 e. The first-order valence-electron chi connectivity index (χ1n) is 7.53. The molecule has 1 N–H and O–H groups in total. The van der Waals surface area contributed by atoms with Gasteiger partial charge in [-0.1, -0.05) is 23.7 Å². The van der Waals surface area contributed by atoms with Crippen molar-refractivity contribution in [3.63, 3.8) is 0 Å². The molecule has 2 aromatic carbocycles. The maximum atomic E-state index is 12.7. The summed E-state index contributed by atoms with van der Waals surface area (Å²) in [5.41, 5.74) is 2.36. The fourth-order valence-electron chi connectivity index (χ4n) is 2.62. The zero-order valence-corrected chi connectivity index (χ0v) is 14.0. The second-order valence-electron chi connectivity index (χ2n) is 5.45. The number of hydrogen-bond donors (Lipinski definition) is 1. The van der Waals surface area contributed by atoms with E-state index in [1.807, 2.05) is 30.3 Å². The molecule has 4 aromatic rings. The topological polar surface area (TPSA) is 72.3 Å². The van der Waals surface area contributed by atoms with E-state index >= 15 is 0 Å². The minimum atomic E-state index is -0.273. The molecule has 7 heteroatoms. The molecule has 0 atom stereocenters. The number of benzene rings is 2. The number of fused-ring (bicyclic) bond motifs is 3. The molecule has 25 heavy (non-hydrogen) atoms. The third kappa shape index (κ3) is 2.77. The van der Waals surface area contributed by atoms with E-state index in [2.05, 4.69) is 15.1 Å². The summed E-state index contributed by atoms with van der Waals surface area (Å²) in [5, 5.41) is 5.70. The van der Waals surface area contributed by atoms with Crippen LogP contribution in [0.1, 0.15) is 5.56 Å². The Bertz CT molecular complexity index is 1160. The van der Waals surface area contributed by atoms with Crippen LogP contribution in [0.15, 0.2) is 58.7 Å². The van der Waals surface area contributed by atoms with Gasteiger partial charge >= 0.3 is 0 Å². The van der Waals surface area contributed by atoms with Crippen molar-refractivity contribution in [1.82, 2.24) is 14.6 Å². The second kappa shape index (κ2) is 6.07. The maximum absolute atomic E-state index is 12.7. The van der Waals surface area contributed by atoms with Gasteiger partial charge in [-0.3, -0.25) is 4.79 Å². The van der Waals surface area contributed by atoms with Crippen LogP contribution < -0.4 is 10.3 Å². The molecule has 4 rings (SSSR count). The molecule has 6 nitrogen and oxygen atoms in total. The number of aromatic nitrogens is 3. The summed E-state index contributed by atoms with van der Waals surface area (Å²) in [4.78, 5) is 20.1. The van der Waals surface area contributed by atoms with Gasteiger partial charge in [0, 0.05) is 16.5 Å². The van der Waals surface area contributed by atoms with E-state index in [0.29, 0.717) is 21.8 Å². The van der Waals surface area contributed by atoms with Gasteiger partial charge in [0.05, 0.1) is 18.8 Å². The Labute approximate surface area is 147 Å². The average molecular weight is 353 g/mol. The van der Waals surface area contributed by atoms with Gasteiger partial charge in [0.25, 0.3) is 5.56 Å². The first kappa shape index (κ1) is 15.4. The molecule has 0 aliphatic rings. The van der Waals surface area contributed by atoms with Crippen molar-refractivity contribution in [2.45, 2.75) is 0 Å². The third-order valence-corrected chi connectivity index (χ3v) is 4.15. The normalized spacial score (nSPS) is 11.6. The van der Waals surface area contributed by atoms with Gasteiger partial charge in [-0.2, -0.15) is 9.78 Å². The maximum Gasteiger partial charge on any atom is 0.298 e. The standard InChI is InChI=1S/C18H13ClN4O2/c1-25-13-6-7-14-15(8-13)22-17-16(14)20-10-23(18(17)24)21-9-11-2-4-12(19)5-3-11/h2-10,22H,1H3. The highest BCUT2D eigenvalue weighted by molar-refractivity contribution is 6.30. The number of halogens is 1. The lowest BCUT2D eigenvalue weighted by molar-refractivity contribution is 0.415. The Hall–Kier alpha value is -3.12. The molecule has 0 bridgehead atoms. The highest BCUT2D eigenvalue weighted by Gasteiger charge is 2.11. The predicted octanol–water partition coefficient (Wildman–Crippen LogP) is 3.42. The summed E-state index contributed by atoms with van der Waals surface area (Å²) in [6, 6.07) is 12.7. The lowest BCUT2D eigenvalue weighted by Gasteiger charge is -1.98. The molecule has 2 aromatic heterocycles. The van der Waals surface area contributed by atoms with Gasteiger partial charge in [0.2, 0.25) is 0 Å². The second-order valence-corrected chi connectivity index (χ2v) is 5.89. The van der Waals surface area contributed by atoms with Crippen LogP contribution in [-0.2, 0) is 0 Å². The summed E-state index contributed by atoms with van der Waals surface area (Å²) in [5.74, 6) is 0.708. The molecule has 0 aliphatic heterocycles. The summed E-state index contributed by atoms with van der Waals surface area (Å²) in [6.45, 7) is 0. The molecule has 0 saturated heterocycles. The quantitative estimate of drug-likeness (QED) is 0.574. The van der Waals surface area contributed by atoms with Crippen molar-refractivity contribution >= 4 is 39.8 Å². The van der Waals surface area contributed by atoms with Crippen molar-refractivity contribution < 1.29 is 4.74 Å². The van der Waals surface area contributed by atoms with Crippen LogP contribution in [0.2, 0.25) is 5.02 Å². The fourth-order valence-corrected chi connectivity index (χ4v) is 2.74. The van der Waals surface area contributed by atoms with E-state index in [0.717, 1.165) is 16.5 Å². The average Bonchev–Trinajstić information content (AvgIpc) is 3.01. The molecule has 2 heterocycles. The molecular formula is C18H13ClN4O2. The Kier molecular flexibility index (Phi) is 3.74. The third-order valence-electron chi connectivity index (χ3n) is 3.90. The van der Waals surface area contributed by atoms with Crippen LogP contribution in [-0.4, -0.2) is 28.0 Å². The first-order chi connectivity index (χ1) is 12.2. The van der Waals surface area contributed by atoms with E-state index in [9.17, 15) is 4.79 Å². The predicted molar refractivity (Wildman–Crippen MR) is 98.9 cm³/mol. The number of ether oxygens (including phenoxy) is 1. The summed E-state index contributed by atoms with van der Waals surface area (Å²) in [7, 11) is 1.60. The number of nitrogens with one attached hydrogen (secondary N) is 1. The summed E-state index contributed by atoms with van der Waals surface area (Å²) < 4.78 is 6.41. The van der Waals surface area contributed by atoms with E-state index in [-0.39, 0.29) is 5.56 Å². The van der Waals surface area contributed by atoms with Crippen LogP contribution in [0.25, 0.3) is 21.9 Å². The minimum absolute atomic E-state index is 0.273. The largest absolute Gasteiger partial charge is 0.497 e. The molecule has 0 radical (unpaired) electrons. The highest BCUT2D eigenvalue weighted by atomic mass is 35.5. The van der Waals surface area contributed by atoms with Crippen LogP contribution in [0, 0.1) is 0 Å². The number of H-pyrrole nitrogens is 1. The lowest BCUT2D eigenvalue weighted by Crippen LogP contribution is -2.17. The molecule has 0 aliphatic carbocycles. The van der Waals surface area contributed by atoms with Gasteiger partial charge in [0.1, 0.15) is 23.1 Å². The number of nitrogens with zero attached hydrogens (tertiary/aromatic N) is 3. The van der Waals surface area contributed by atoms with Crippen molar-refractivity contribution in [3.8, 4) is 5.75 Å². The first-order valence-corrected chi connectivity index (χ1v) is 7.90. The van der Waals surface area contributed by atoms with Gasteiger partial charge in [-0.15, -0.1) is 0 Å². The van der Waals surface area contributed by atoms with Crippen molar-refractivity contribution in [3.05, 3.63) is 69.7 Å². The minimum Gasteiger partial charge on any atom is -0.497 e. The monoisotopic (exact) mass is 352 g/mol. The Balaban J connectivity index is 1.80. The molecule has 0 unspecified atom stereocenters. The molecule has 124 valence electrons. The SMILES string of the molecule is COc1ccc2c(c1)[nH]c1c(=O)n(N=Cc3ccc(Cl)cc3)cnc12. The van der Waals surface area contributed by atoms with E-state index in [4.69, 9.17) is 16.3 Å². The van der Waals surface area contributed by atoms with Gasteiger partial charge in [-0.25, -0.2) is 4.98 Å². The van der Waals surface area contributed by atoms with Gasteiger partial charge in [0.15, 0.2) is 0 Å². The van der Waals surface area contributed by atoms with Crippen LogP contribution >= 0.6 is 11.6 Å². The van der Waals surface area contributed by atoms with E-state index in [1.54, 1.807) is 25.5 Å². The van der Waals surface area contributed by atoms with Crippen LogP contribution in [0.5, 0.6) is 5.75 Å². The Morgan fingerprint density at radius 1 is 1.24 bits per heavy atom. The highest BCUT2D eigenvalue weighted by Crippen LogP contribution is 2.25. The van der Waals surface area contributed by atoms with Gasteiger partial charge in [-0.05, 0) is 29.8 Å². The molecule has 0 amide bonds. The molecule has 0 fully saturated rings. The Morgan fingerprint density at radius 3 is 2.80 bits per heavy atom. The molecular weight excluding hydrogens is 340 g/mol. The Morgan fingerprint density at radius 2 is 2.04 bits per heavy atom. The lowest BCUT2D eigenvalue weighted by atomic mass is 10.2. The number of methoxy groups -OCH3 is 1. The summed E-state index contributed by atoms with van der Waals surface area (Å²) in [6.07, 6.45) is 2.99. The molecule has 0 spiro atoms. The zero-order valence-electron chi connectivity index (χ0n) is 13.2. The van der Waals surface area contributed by atoms with E-state index in [1.165, 1.54) is 11.0 Å². The van der Waals surface area contributed by atoms with Crippen molar-refractivity contribution in [2.24, 2.45) is 5.10 Å². The fraction of sp³-hybridized carbons (Fsp3) is 0.0556.